The van der Waals surface area contributed by atoms with Crippen molar-refractivity contribution in [2.45, 2.75) is 53.6 Å². The van der Waals surface area contributed by atoms with Gasteiger partial charge in [-0.1, -0.05) is 34.6 Å². The van der Waals surface area contributed by atoms with Crippen molar-refractivity contribution in [1.29, 1.82) is 0 Å². The maximum absolute atomic E-state index is 10.0. The molecule has 2 bridgehead atoms. The van der Waals surface area contributed by atoms with E-state index in [0.717, 1.165) is 6.42 Å². The molecule has 76 valence electrons. The van der Waals surface area contributed by atoms with Gasteiger partial charge in [0.05, 0.1) is 6.10 Å². The van der Waals surface area contributed by atoms with Gasteiger partial charge in [-0.2, -0.15) is 0 Å². The lowest BCUT2D eigenvalue weighted by molar-refractivity contribution is -0.00164. The van der Waals surface area contributed by atoms with Gasteiger partial charge in [-0.25, -0.2) is 0 Å². The van der Waals surface area contributed by atoms with E-state index >= 15 is 0 Å². The quantitative estimate of drug-likeness (QED) is 0.611. The zero-order valence-electron chi connectivity index (χ0n) is 9.52. The summed E-state index contributed by atoms with van der Waals surface area (Å²) < 4.78 is 0. The molecular formula is C12H22O. The van der Waals surface area contributed by atoms with Crippen molar-refractivity contribution in [3.05, 3.63) is 0 Å². The first kappa shape index (κ1) is 9.51. The number of rotatable bonds is 0. The predicted molar refractivity (Wildman–Crippen MR) is 54.4 cm³/mol. The molecule has 0 heterocycles. The molecular weight excluding hydrogens is 160 g/mol. The molecule has 2 saturated carbocycles. The van der Waals surface area contributed by atoms with Crippen LogP contribution in [0.4, 0.5) is 0 Å². The normalized spacial score (nSPS) is 51.2. The monoisotopic (exact) mass is 182 g/mol. The molecule has 2 aliphatic carbocycles. The highest BCUT2D eigenvalue weighted by atomic mass is 16.3. The molecule has 0 radical (unpaired) electrons. The minimum atomic E-state index is -0.0690. The largest absolute Gasteiger partial charge is 0.393 e. The number of hydrogen-bond donors (Lipinski definition) is 1. The predicted octanol–water partition coefficient (Wildman–Crippen LogP) is 2.83. The molecule has 2 fully saturated rings. The van der Waals surface area contributed by atoms with Crippen molar-refractivity contribution in [3.63, 3.8) is 0 Å². The SMILES string of the molecule is CC1(C)CC2(C)C(O)CC1C2(C)C. The van der Waals surface area contributed by atoms with Crippen LogP contribution in [0.1, 0.15) is 47.5 Å². The van der Waals surface area contributed by atoms with Gasteiger partial charge in [-0.15, -0.1) is 0 Å². The lowest BCUT2D eigenvalue weighted by Gasteiger charge is -2.37. The van der Waals surface area contributed by atoms with Gasteiger partial charge < -0.3 is 5.11 Å². The number of hydrogen-bond acceptors (Lipinski definition) is 1. The maximum Gasteiger partial charge on any atom is 0.0602 e. The molecule has 0 aromatic carbocycles. The van der Waals surface area contributed by atoms with Gasteiger partial charge >= 0.3 is 0 Å². The summed E-state index contributed by atoms with van der Waals surface area (Å²) in [6.07, 6.45) is 2.12. The zero-order valence-corrected chi connectivity index (χ0v) is 9.52. The lowest BCUT2D eigenvalue weighted by Crippen LogP contribution is -2.36. The number of fused-ring (bicyclic) bond motifs is 2. The summed E-state index contributed by atoms with van der Waals surface area (Å²) in [7, 11) is 0. The van der Waals surface area contributed by atoms with Gasteiger partial charge in [-0.05, 0) is 35.0 Å². The minimum absolute atomic E-state index is 0.0690. The molecule has 3 unspecified atom stereocenters. The van der Waals surface area contributed by atoms with E-state index in [0.29, 0.717) is 16.7 Å². The van der Waals surface area contributed by atoms with Crippen LogP contribution in [0.15, 0.2) is 0 Å². The van der Waals surface area contributed by atoms with E-state index in [4.69, 9.17) is 0 Å². The Bertz CT molecular complexity index is 242. The van der Waals surface area contributed by atoms with Crippen molar-refractivity contribution < 1.29 is 5.11 Å². The lowest BCUT2D eigenvalue weighted by atomic mass is 9.70. The average molecular weight is 182 g/mol. The smallest absolute Gasteiger partial charge is 0.0602 e. The van der Waals surface area contributed by atoms with Gasteiger partial charge in [0.25, 0.3) is 0 Å². The molecule has 13 heavy (non-hydrogen) atoms. The van der Waals surface area contributed by atoms with E-state index in [-0.39, 0.29) is 11.5 Å². The zero-order chi connectivity index (χ0) is 10.1. The highest BCUT2D eigenvalue weighted by molar-refractivity contribution is 5.16. The van der Waals surface area contributed by atoms with E-state index in [1.807, 2.05) is 0 Å². The molecule has 0 aliphatic heterocycles. The molecule has 0 aromatic rings. The highest BCUT2D eigenvalue weighted by Crippen LogP contribution is 2.71. The summed E-state index contributed by atoms with van der Waals surface area (Å²) >= 11 is 0. The molecule has 0 amide bonds. The molecule has 0 saturated heterocycles. The van der Waals surface area contributed by atoms with Crippen molar-refractivity contribution in [2.24, 2.45) is 22.2 Å². The van der Waals surface area contributed by atoms with Crippen LogP contribution in [0.5, 0.6) is 0 Å². The summed E-state index contributed by atoms with van der Waals surface area (Å²) in [6.45, 7) is 11.7. The maximum atomic E-state index is 10.0. The Hall–Kier alpha value is -0.0400. The first-order chi connectivity index (χ1) is 5.72. The Morgan fingerprint density at radius 1 is 1.08 bits per heavy atom. The standard InChI is InChI=1S/C12H22O/c1-10(2)7-12(5)9(13)6-8(10)11(12,3)4/h8-9,13H,6-7H2,1-5H3. The number of aliphatic hydroxyl groups excluding tert-OH is 1. The van der Waals surface area contributed by atoms with Gasteiger partial charge in [0, 0.05) is 0 Å². The van der Waals surface area contributed by atoms with Crippen LogP contribution in [0.25, 0.3) is 0 Å². The molecule has 0 spiro atoms. The van der Waals surface area contributed by atoms with Crippen molar-refractivity contribution in [2.75, 3.05) is 0 Å². The molecule has 1 nitrogen and oxygen atoms in total. The third-order valence-corrected chi connectivity index (χ3v) is 5.30. The topological polar surface area (TPSA) is 20.2 Å². The first-order valence-corrected chi connectivity index (χ1v) is 5.40. The van der Waals surface area contributed by atoms with Gasteiger partial charge in [0.2, 0.25) is 0 Å². The summed E-state index contributed by atoms with van der Waals surface area (Å²) in [5, 5.41) is 10.0. The summed E-state index contributed by atoms with van der Waals surface area (Å²) in [5.74, 6) is 0.694. The summed E-state index contributed by atoms with van der Waals surface area (Å²) in [4.78, 5) is 0. The van der Waals surface area contributed by atoms with Crippen LogP contribution in [0.2, 0.25) is 0 Å². The number of aliphatic hydroxyl groups is 1. The van der Waals surface area contributed by atoms with E-state index in [1.165, 1.54) is 6.42 Å². The van der Waals surface area contributed by atoms with Crippen LogP contribution < -0.4 is 0 Å². The van der Waals surface area contributed by atoms with Gasteiger partial charge in [0.1, 0.15) is 0 Å². The van der Waals surface area contributed by atoms with Crippen LogP contribution >= 0.6 is 0 Å². The molecule has 2 rings (SSSR count). The second-order valence-corrected chi connectivity index (χ2v) is 6.61. The highest BCUT2D eigenvalue weighted by Gasteiger charge is 2.67. The first-order valence-electron chi connectivity index (χ1n) is 5.40. The summed E-state index contributed by atoms with van der Waals surface area (Å²) in [6, 6.07) is 0. The second-order valence-electron chi connectivity index (χ2n) is 6.61. The molecule has 0 aromatic heterocycles. The van der Waals surface area contributed by atoms with Crippen LogP contribution in [-0.4, -0.2) is 11.2 Å². The van der Waals surface area contributed by atoms with Crippen LogP contribution in [-0.2, 0) is 0 Å². The Labute approximate surface area is 81.5 Å². The van der Waals surface area contributed by atoms with E-state index in [1.54, 1.807) is 0 Å². The van der Waals surface area contributed by atoms with E-state index in [2.05, 4.69) is 34.6 Å². The molecule has 2 aliphatic rings. The molecule has 3 atom stereocenters. The Morgan fingerprint density at radius 3 is 1.85 bits per heavy atom. The van der Waals surface area contributed by atoms with Gasteiger partial charge in [0.15, 0.2) is 0 Å². The molecule has 1 N–H and O–H groups in total. The fourth-order valence-electron chi connectivity index (χ4n) is 4.32. The van der Waals surface area contributed by atoms with Crippen LogP contribution in [0, 0.1) is 22.2 Å². The fraction of sp³-hybridized carbons (Fsp3) is 1.00. The van der Waals surface area contributed by atoms with Crippen LogP contribution in [0.3, 0.4) is 0 Å². The average Bonchev–Trinajstić information content (AvgIpc) is 2.16. The van der Waals surface area contributed by atoms with Crippen molar-refractivity contribution >= 4 is 0 Å². The minimum Gasteiger partial charge on any atom is -0.393 e. The van der Waals surface area contributed by atoms with E-state index < -0.39 is 0 Å². The third-order valence-electron chi connectivity index (χ3n) is 5.30. The Balaban J connectivity index is 2.46. The fourth-order valence-corrected chi connectivity index (χ4v) is 4.32. The van der Waals surface area contributed by atoms with Crippen molar-refractivity contribution in [1.82, 2.24) is 0 Å². The third kappa shape index (κ3) is 0.869. The van der Waals surface area contributed by atoms with Crippen molar-refractivity contribution in [3.8, 4) is 0 Å². The Kier molecular flexibility index (Phi) is 1.56. The second kappa shape index (κ2) is 2.13. The molecule has 1 heteroatoms. The van der Waals surface area contributed by atoms with Gasteiger partial charge in [-0.3, -0.25) is 0 Å². The summed E-state index contributed by atoms with van der Waals surface area (Å²) in [5.41, 5.74) is 0.897. The Morgan fingerprint density at radius 2 is 1.62 bits per heavy atom. The van der Waals surface area contributed by atoms with E-state index in [9.17, 15) is 5.11 Å².